The summed E-state index contributed by atoms with van der Waals surface area (Å²) in [5.41, 5.74) is 1.25. The van der Waals surface area contributed by atoms with Crippen molar-refractivity contribution in [1.29, 1.82) is 0 Å². The second-order valence-electron chi connectivity index (χ2n) is 6.58. The summed E-state index contributed by atoms with van der Waals surface area (Å²) in [5.74, 6) is 2.79. The minimum absolute atomic E-state index is 0.194. The van der Waals surface area contributed by atoms with Crippen molar-refractivity contribution < 1.29 is 18.7 Å². The van der Waals surface area contributed by atoms with Crippen molar-refractivity contribution in [2.24, 2.45) is 0 Å². The van der Waals surface area contributed by atoms with E-state index in [4.69, 9.17) is 37.1 Å². The number of hydrogen-bond acceptors (Lipinski definition) is 4. The summed E-state index contributed by atoms with van der Waals surface area (Å²) < 4.78 is 16.4. The fraction of sp³-hybridized carbons (Fsp3) is 0.190. The molecule has 6 nitrogen and oxygen atoms in total. The van der Waals surface area contributed by atoms with Crippen LogP contribution in [0.25, 0.3) is 0 Å². The van der Waals surface area contributed by atoms with Crippen LogP contribution >= 0.6 is 23.2 Å². The molecule has 2 aromatic carbocycles. The molecule has 0 saturated heterocycles. The summed E-state index contributed by atoms with van der Waals surface area (Å²) in [6.45, 7) is 2.65. The van der Waals surface area contributed by atoms with Gasteiger partial charge in [0.25, 0.3) is 0 Å². The maximum absolute atomic E-state index is 13.1. The molecule has 29 heavy (non-hydrogen) atoms. The Morgan fingerprint density at radius 1 is 1.03 bits per heavy atom. The van der Waals surface area contributed by atoms with Crippen LogP contribution in [0.3, 0.4) is 0 Å². The number of rotatable bonds is 5. The van der Waals surface area contributed by atoms with E-state index in [2.05, 4.69) is 5.32 Å². The zero-order valence-corrected chi connectivity index (χ0v) is 17.1. The van der Waals surface area contributed by atoms with Crippen molar-refractivity contribution in [2.45, 2.75) is 20.0 Å². The van der Waals surface area contributed by atoms with Crippen LogP contribution in [0.2, 0.25) is 10.0 Å². The van der Waals surface area contributed by atoms with Gasteiger partial charge in [-0.05, 0) is 48.9 Å². The second-order valence-corrected chi connectivity index (χ2v) is 7.40. The Bertz CT molecular complexity index is 1030. The lowest BCUT2D eigenvalue weighted by atomic mass is 10.2. The first-order valence-electron chi connectivity index (χ1n) is 8.93. The Morgan fingerprint density at radius 2 is 1.79 bits per heavy atom. The van der Waals surface area contributed by atoms with Crippen LogP contribution in [0, 0.1) is 6.92 Å². The summed E-state index contributed by atoms with van der Waals surface area (Å²) in [6.07, 6.45) is 0. The number of fused-ring (bicyclic) bond motifs is 1. The molecule has 2 heterocycles. The average molecular weight is 433 g/mol. The molecule has 0 unspecified atom stereocenters. The number of carbonyl (C=O) groups is 1. The number of para-hydroxylation sites is 1. The zero-order valence-electron chi connectivity index (χ0n) is 15.6. The van der Waals surface area contributed by atoms with Crippen molar-refractivity contribution in [2.75, 3.05) is 12.1 Å². The van der Waals surface area contributed by atoms with Crippen LogP contribution in [0.15, 0.2) is 52.9 Å². The molecule has 1 aromatic heterocycles. The Kier molecular flexibility index (Phi) is 5.56. The Balaban J connectivity index is 1.58. The van der Waals surface area contributed by atoms with Crippen molar-refractivity contribution in [3.05, 3.63) is 75.7 Å². The lowest BCUT2D eigenvalue weighted by Crippen LogP contribution is -2.34. The van der Waals surface area contributed by atoms with Gasteiger partial charge in [-0.3, -0.25) is 0 Å². The molecule has 3 aromatic rings. The Hall–Kier alpha value is -2.83. The third-order valence-electron chi connectivity index (χ3n) is 4.44. The molecule has 1 aliphatic heterocycles. The van der Waals surface area contributed by atoms with Crippen LogP contribution < -0.4 is 14.8 Å². The molecule has 0 radical (unpaired) electrons. The maximum Gasteiger partial charge on any atom is 0.322 e. The molecule has 1 aliphatic rings. The van der Waals surface area contributed by atoms with E-state index in [1.54, 1.807) is 23.1 Å². The van der Waals surface area contributed by atoms with Crippen LogP contribution in [-0.4, -0.2) is 17.7 Å². The molecule has 0 atom stereocenters. The van der Waals surface area contributed by atoms with E-state index >= 15 is 0 Å². The number of nitrogens with one attached hydrogen (secondary N) is 1. The molecular formula is C21H18Cl2N2O4. The molecule has 0 bridgehead atoms. The predicted molar refractivity (Wildman–Crippen MR) is 111 cm³/mol. The summed E-state index contributed by atoms with van der Waals surface area (Å²) in [4.78, 5) is 14.7. The third kappa shape index (κ3) is 4.44. The number of hydrogen-bond donors (Lipinski definition) is 1. The first-order valence-corrected chi connectivity index (χ1v) is 9.69. The number of ether oxygens (including phenoxy) is 2. The minimum Gasteiger partial charge on any atom is -0.464 e. The Labute approximate surface area is 177 Å². The van der Waals surface area contributed by atoms with Crippen molar-refractivity contribution in [1.82, 2.24) is 4.90 Å². The molecular weight excluding hydrogens is 415 g/mol. The number of urea groups is 1. The van der Waals surface area contributed by atoms with Gasteiger partial charge in [0, 0.05) is 6.54 Å². The van der Waals surface area contributed by atoms with Gasteiger partial charge in [-0.2, -0.15) is 0 Å². The topological polar surface area (TPSA) is 63.9 Å². The molecule has 0 spiro atoms. The van der Waals surface area contributed by atoms with Crippen LogP contribution in [-0.2, 0) is 13.1 Å². The van der Waals surface area contributed by atoms with Gasteiger partial charge < -0.3 is 24.1 Å². The highest BCUT2D eigenvalue weighted by Crippen LogP contribution is 2.33. The predicted octanol–water partition coefficient (Wildman–Crippen LogP) is 5.86. The summed E-state index contributed by atoms with van der Waals surface area (Å²) >= 11 is 12.4. The number of amides is 2. The van der Waals surface area contributed by atoms with Gasteiger partial charge in [0.05, 0.1) is 22.3 Å². The minimum atomic E-state index is -0.355. The van der Waals surface area contributed by atoms with E-state index in [9.17, 15) is 4.79 Å². The van der Waals surface area contributed by atoms with Gasteiger partial charge in [-0.1, -0.05) is 35.3 Å². The SMILES string of the molecule is Cc1ccc(CN(Cc2ccc3c(c2)OCO3)C(=O)Nc2c(Cl)cccc2Cl)o1. The summed E-state index contributed by atoms with van der Waals surface area (Å²) in [7, 11) is 0. The summed E-state index contributed by atoms with van der Waals surface area (Å²) in [5, 5.41) is 3.53. The van der Waals surface area contributed by atoms with Crippen molar-refractivity contribution in [3.8, 4) is 11.5 Å². The fourth-order valence-corrected chi connectivity index (χ4v) is 3.51. The van der Waals surface area contributed by atoms with E-state index in [1.807, 2.05) is 37.3 Å². The Morgan fingerprint density at radius 3 is 2.52 bits per heavy atom. The van der Waals surface area contributed by atoms with Crippen molar-refractivity contribution in [3.63, 3.8) is 0 Å². The van der Waals surface area contributed by atoms with Gasteiger partial charge in [0.2, 0.25) is 6.79 Å². The normalized spacial score (nSPS) is 12.1. The summed E-state index contributed by atoms with van der Waals surface area (Å²) in [6, 6.07) is 14.0. The molecule has 4 rings (SSSR count). The van der Waals surface area contributed by atoms with E-state index in [0.29, 0.717) is 39.5 Å². The van der Waals surface area contributed by atoms with Gasteiger partial charge in [-0.15, -0.1) is 0 Å². The standard InChI is InChI=1S/C21H18Cl2N2O4/c1-13-5-7-15(29-13)11-25(10-14-6-8-18-19(9-14)28-12-27-18)21(26)24-20-16(22)3-2-4-17(20)23/h2-9H,10-12H2,1H3,(H,24,26). The third-order valence-corrected chi connectivity index (χ3v) is 5.06. The highest BCUT2D eigenvalue weighted by Gasteiger charge is 2.20. The molecule has 1 N–H and O–H groups in total. The molecule has 0 aliphatic carbocycles. The molecule has 0 saturated carbocycles. The van der Waals surface area contributed by atoms with Gasteiger partial charge in [-0.25, -0.2) is 4.79 Å². The van der Waals surface area contributed by atoms with Gasteiger partial charge >= 0.3 is 6.03 Å². The number of furan rings is 1. The number of benzene rings is 2. The van der Waals surface area contributed by atoms with E-state index in [0.717, 1.165) is 11.3 Å². The highest BCUT2D eigenvalue weighted by atomic mass is 35.5. The number of anilines is 1. The smallest absolute Gasteiger partial charge is 0.322 e. The fourth-order valence-electron chi connectivity index (χ4n) is 3.02. The number of nitrogens with zero attached hydrogens (tertiary/aromatic N) is 1. The van der Waals surface area contributed by atoms with E-state index in [1.165, 1.54) is 0 Å². The average Bonchev–Trinajstić information content (AvgIpc) is 3.32. The lowest BCUT2D eigenvalue weighted by Gasteiger charge is -2.23. The van der Waals surface area contributed by atoms with Gasteiger partial charge in [0.1, 0.15) is 11.5 Å². The highest BCUT2D eigenvalue weighted by molar-refractivity contribution is 6.39. The second kappa shape index (κ2) is 8.27. The van der Waals surface area contributed by atoms with Crippen LogP contribution in [0.5, 0.6) is 11.5 Å². The number of carbonyl (C=O) groups excluding carboxylic acids is 1. The monoisotopic (exact) mass is 432 g/mol. The number of aryl methyl sites for hydroxylation is 1. The number of halogens is 2. The molecule has 0 fully saturated rings. The quantitative estimate of drug-likeness (QED) is 0.548. The van der Waals surface area contributed by atoms with Gasteiger partial charge in [0.15, 0.2) is 11.5 Å². The van der Waals surface area contributed by atoms with E-state index < -0.39 is 0 Å². The van der Waals surface area contributed by atoms with Crippen molar-refractivity contribution >= 4 is 34.9 Å². The van der Waals surface area contributed by atoms with Crippen LogP contribution in [0.1, 0.15) is 17.1 Å². The molecule has 150 valence electrons. The maximum atomic E-state index is 13.1. The zero-order chi connectivity index (χ0) is 20.4. The largest absolute Gasteiger partial charge is 0.464 e. The van der Waals surface area contributed by atoms with Crippen LogP contribution in [0.4, 0.5) is 10.5 Å². The first kappa shape index (κ1) is 19.5. The van der Waals surface area contributed by atoms with E-state index in [-0.39, 0.29) is 19.4 Å². The first-order chi connectivity index (χ1) is 14.0. The molecule has 8 heteroatoms. The lowest BCUT2D eigenvalue weighted by molar-refractivity contribution is 0.174. The molecule has 2 amide bonds.